The van der Waals surface area contributed by atoms with E-state index in [2.05, 4.69) is 5.32 Å². The molecule has 0 unspecified atom stereocenters. The number of carbonyl (C=O) groups is 2. The van der Waals surface area contributed by atoms with Crippen molar-refractivity contribution in [3.05, 3.63) is 65.7 Å². The minimum absolute atomic E-state index is 0.308. The fourth-order valence-electron chi connectivity index (χ4n) is 1.79. The molecule has 2 aromatic rings. The van der Waals surface area contributed by atoms with E-state index in [1.54, 1.807) is 31.4 Å². The Balaban J connectivity index is 1.76. The Labute approximate surface area is 128 Å². The van der Waals surface area contributed by atoms with Crippen LogP contribution in [-0.2, 0) is 16.1 Å². The highest BCUT2D eigenvalue weighted by atomic mass is 16.5. The summed E-state index contributed by atoms with van der Waals surface area (Å²) in [7, 11) is 1.55. The lowest BCUT2D eigenvalue weighted by molar-refractivity contribution is -0.124. The molecule has 0 fully saturated rings. The topological polar surface area (TPSA) is 64.6 Å². The quantitative estimate of drug-likeness (QED) is 0.830. The molecule has 5 nitrogen and oxygen atoms in total. The Kier molecular flexibility index (Phi) is 5.54. The van der Waals surface area contributed by atoms with Crippen molar-refractivity contribution in [3.8, 4) is 5.75 Å². The van der Waals surface area contributed by atoms with Gasteiger partial charge >= 0.3 is 5.97 Å². The number of rotatable bonds is 6. The molecular formula is C17H17NO4. The van der Waals surface area contributed by atoms with Gasteiger partial charge in [0.2, 0.25) is 0 Å². The lowest BCUT2D eigenvalue weighted by Gasteiger charge is -2.07. The predicted molar refractivity (Wildman–Crippen MR) is 81.6 cm³/mol. The van der Waals surface area contributed by atoms with E-state index in [9.17, 15) is 9.59 Å². The number of hydrogen-bond donors (Lipinski definition) is 1. The highest BCUT2D eigenvalue weighted by Crippen LogP contribution is 2.11. The third kappa shape index (κ3) is 4.63. The highest BCUT2D eigenvalue weighted by Gasteiger charge is 2.10. The summed E-state index contributed by atoms with van der Waals surface area (Å²) in [5.74, 6) is -0.236. The fourth-order valence-corrected chi connectivity index (χ4v) is 1.79. The summed E-state index contributed by atoms with van der Waals surface area (Å²) < 4.78 is 9.96. The van der Waals surface area contributed by atoms with E-state index in [1.807, 2.05) is 30.3 Å². The van der Waals surface area contributed by atoms with Crippen molar-refractivity contribution in [2.24, 2.45) is 0 Å². The zero-order chi connectivity index (χ0) is 15.8. The molecule has 0 aliphatic carbocycles. The minimum atomic E-state index is -0.544. The number of esters is 1. The van der Waals surface area contributed by atoms with E-state index < -0.39 is 5.97 Å². The van der Waals surface area contributed by atoms with Crippen molar-refractivity contribution in [1.29, 1.82) is 0 Å². The second-order valence-electron chi connectivity index (χ2n) is 4.57. The van der Waals surface area contributed by atoms with Gasteiger partial charge < -0.3 is 14.8 Å². The molecule has 2 aromatic carbocycles. The first-order chi connectivity index (χ1) is 10.7. The number of amides is 1. The minimum Gasteiger partial charge on any atom is -0.497 e. The lowest BCUT2D eigenvalue weighted by atomic mass is 10.2. The summed E-state index contributed by atoms with van der Waals surface area (Å²) in [5, 5.41) is 2.69. The number of hydrogen-bond acceptors (Lipinski definition) is 4. The molecule has 1 N–H and O–H groups in total. The average molecular weight is 299 g/mol. The van der Waals surface area contributed by atoms with Crippen molar-refractivity contribution in [2.75, 3.05) is 13.7 Å². The molecule has 0 radical (unpaired) electrons. The largest absolute Gasteiger partial charge is 0.497 e. The van der Waals surface area contributed by atoms with Gasteiger partial charge in [0.1, 0.15) is 5.75 Å². The van der Waals surface area contributed by atoms with Gasteiger partial charge in [-0.05, 0) is 29.8 Å². The summed E-state index contributed by atoms with van der Waals surface area (Å²) in [4.78, 5) is 23.4. The van der Waals surface area contributed by atoms with Gasteiger partial charge in [0, 0.05) is 6.54 Å². The third-order valence-electron chi connectivity index (χ3n) is 2.99. The maximum absolute atomic E-state index is 11.8. The molecule has 2 rings (SSSR count). The molecule has 114 valence electrons. The molecule has 5 heteroatoms. The molecule has 1 amide bonds. The van der Waals surface area contributed by atoms with Crippen LogP contribution in [0.3, 0.4) is 0 Å². The van der Waals surface area contributed by atoms with Crippen LogP contribution in [0.15, 0.2) is 54.6 Å². The van der Waals surface area contributed by atoms with Gasteiger partial charge in [-0.2, -0.15) is 0 Å². The Bertz CT molecular complexity index is 623. The summed E-state index contributed by atoms with van der Waals surface area (Å²) >= 11 is 0. The summed E-state index contributed by atoms with van der Waals surface area (Å²) in [6, 6.07) is 16.0. The van der Waals surface area contributed by atoms with Crippen LogP contribution in [-0.4, -0.2) is 25.6 Å². The molecule has 0 aliphatic heterocycles. The SMILES string of the molecule is COc1ccc(C(=O)OCC(=O)NCc2ccccc2)cc1. The van der Waals surface area contributed by atoms with Crippen LogP contribution in [0.4, 0.5) is 0 Å². The van der Waals surface area contributed by atoms with E-state index in [1.165, 1.54) is 0 Å². The van der Waals surface area contributed by atoms with E-state index >= 15 is 0 Å². The Morgan fingerprint density at radius 2 is 1.68 bits per heavy atom. The van der Waals surface area contributed by atoms with Gasteiger partial charge in [-0.3, -0.25) is 4.79 Å². The molecule has 22 heavy (non-hydrogen) atoms. The molecule has 0 aromatic heterocycles. The fraction of sp³-hybridized carbons (Fsp3) is 0.176. The van der Waals surface area contributed by atoms with Crippen LogP contribution < -0.4 is 10.1 Å². The monoisotopic (exact) mass is 299 g/mol. The second-order valence-corrected chi connectivity index (χ2v) is 4.57. The van der Waals surface area contributed by atoms with Crippen LogP contribution in [0.25, 0.3) is 0 Å². The van der Waals surface area contributed by atoms with Crippen molar-refractivity contribution >= 4 is 11.9 Å². The van der Waals surface area contributed by atoms with Gasteiger partial charge in [-0.15, -0.1) is 0 Å². The van der Waals surface area contributed by atoms with E-state index in [-0.39, 0.29) is 12.5 Å². The number of benzene rings is 2. The van der Waals surface area contributed by atoms with Crippen molar-refractivity contribution in [1.82, 2.24) is 5.32 Å². The van der Waals surface area contributed by atoms with Crippen LogP contribution in [0.1, 0.15) is 15.9 Å². The second kappa shape index (κ2) is 7.83. The van der Waals surface area contributed by atoms with Crippen LogP contribution in [0.5, 0.6) is 5.75 Å². The number of methoxy groups -OCH3 is 1. The van der Waals surface area contributed by atoms with Crippen LogP contribution in [0.2, 0.25) is 0 Å². The number of carbonyl (C=O) groups excluding carboxylic acids is 2. The average Bonchev–Trinajstić information content (AvgIpc) is 2.58. The molecule has 0 bridgehead atoms. The Hall–Kier alpha value is -2.82. The number of nitrogens with one attached hydrogen (secondary N) is 1. The summed E-state index contributed by atoms with van der Waals surface area (Å²) in [6.45, 7) is 0.0947. The predicted octanol–water partition coefficient (Wildman–Crippen LogP) is 2.17. The maximum atomic E-state index is 11.8. The van der Waals surface area contributed by atoms with Gasteiger partial charge in [0.25, 0.3) is 5.91 Å². The van der Waals surface area contributed by atoms with Gasteiger partial charge in [0.15, 0.2) is 6.61 Å². The zero-order valence-corrected chi connectivity index (χ0v) is 12.2. The van der Waals surface area contributed by atoms with Crippen molar-refractivity contribution < 1.29 is 19.1 Å². The molecule has 0 heterocycles. The van der Waals surface area contributed by atoms with Gasteiger partial charge in [-0.1, -0.05) is 30.3 Å². The molecule has 0 aliphatic rings. The lowest BCUT2D eigenvalue weighted by Crippen LogP contribution is -2.28. The normalized spacial score (nSPS) is 9.86. The summed E-state index contributed by atoms with van der Waals surface area (Å²) in [5.41, 5.74) is 1.36. The highest BCUT2D eigenvalue weighted by molar-refractivity contribution is 5.91. The smallest absolute Gasteiger partial charge is 0.338 e. The van der Waals surface area contributed by atoms with E-state index in [4.69, 9.17) is 9.47 Å². The van der Waals surface area contributed by atoms with Crippen molar-refractivity contribution in [2.45, 2.75) is 6.54 Å². The van der Waals surface area contributed by atoms with Crippen molar-refractivity contribution in [3.63, 3.8) is 0 Å². The summed E-state index contributed by atoms with van der Waals surface area (Å²) in [6.07, 6.45) is 0. The Morgan fingerprint density at radius 1 is 1.00 bits per heavy atom. The molecule has 0 spiro atoms. The molecule has 0 saturated heterocycles. The molecule has 0 saturated carbocycles. The zero-order valence-electron chi connectivity index (χ0n) is 12.2. The van der Waals surface area contributed by atoms with E-state index in [0.29, 0.717) is 17.9 Å². The Morgan fingerprint density at radius 3 is 2.32 bits per heavy atom. The standard InChI is InChI=1S/C17H17NO4/c1-21-15-9-7-14(8-10-15)17(20)22-12-16(19)18-11-13-5-3-2-4-6-13/h2-10H,11-12H2,1H3,(H,18,19). The first-order valence-corrected chi connectivity index (χ1v) is 6.81. The maximum Gasteiger partial charge on any atom is 0.338 e. The van der Waals surface area contributed by atoms with Gasteiger partial charge in [-0.25, -0.2) is 4.79 Å². The van der Waals surface area contributed by atoms with Gasteiger partial charge in [0.05, 0.1) is 12.7 Å². The van der Waals surface area contributed by atoms with Crippen LogP contribution >= 0.6 is 0 Å². The first-order valence-electron chi connectivity index (χ1n) is 6.81. The molecular weight excluding hydrogens is 282 g/mol. The number of ether oxygens (including phenoxy) is 2. The molecule has 0 atom stereocenters. The van der Waals surface area contributed by atoms with Crippen LogP contribution in [0, 0.1) is 0 Å². The third-order valence-corrected chi connectivity index (χ3v) is 2.99. The first kappa shape index (κ1) is 15.6. The van der Waals surface area contributed by atoms with E-state index in [0.717, 1.165) is 5.56 Å².